The smallest absolute Gasteiger partial charge is 0.407 e. The number of urea groups is 1. The number of halogens is 3. The van der Waals surface area contributed by atoms with Crippen LogP contribution >= 0.6 is 0 Å². The number of alkyl carbamates (subject to hydrolysis) is 1. The molecule has 0 bridgehead atoms. The molecule has 3 aromatic carbocycles. The maximum Gasteiger partial charge on any atom is 0.407 e. The molecule has 0 radical (unpaired) electrons. The van der Waals surface area contributed by atoms with Crippen LogP contribution in [0.2, 0.25) is 0 Å². The minimum atomic E-state index is -1.31. The summed E-state index contributed by atoms with van der Waals surface area (Å²) < 4.78 is 59.6. The number of ether oxygens (including phenoxy) is 3. The van der Waals surface area contributed by atoms with Crippen molar-refractivity contribution >= 4 is 40.3 Å². The highest BCUT2D eigenvalue weighted by molar-refractivity contribution is 6.03. The zero-order valence-electron chi connectivity index (χ0n) is 29.3. The van der Waals surface area contributed by atoms with Crippen molar-refractivity contribution in [3.8, 4) is 11.5 Å². The molecule has 52 heavy (non-hydrogen) atoms. The van der Waals surface area contributed by atoms with Crippen LogP contribution < -0.4 is 35.6 Å². The number of benzene rings is 3. The standard InChI is InChI=1S/C35H38F3N7O7.2H2/c1-20(44(28-12-11-23(50-4)17-29(28)51-5)33(48)39-22-9-7-21(36)8-10-22)30-40-27-19-26(38)25(37)18-24(27)31(46)45(30)43-15-13-42(14-16-43)32(47)35(2,3)41-34(49)52-6;;/h7-12,17-20H,13-16H2,1-6H3,(H,39,48)(H,41,49);2*1H. The molecule has 4 aromatic rings. The number of aromatic nitrogens is 2. The Morgan fingerprint density at radius 3 is 2.19 bits per heavy atom. The molecule has 0 aliphatic carbocycles. The van der Waals surface area contributed by atoms with E-state index in [1.807, 2.05) is 0 Å². The predicted molar refractivity (Wildman–Crippen MR) is 190 cm³/mol. The van der Waals surface area contributed by atoms with E-state index in [0.717, 1.165) is 12.1 Å². The van der Waals surface area contributed by atoms with Crippen LogP contribution in [0.5, 0.6) is 11.5 Å². The second-order valence-corrected chi connectivity index (χ2v) is 12.4. The summed E-state index contributed by atoms with van der Waals surface area (Å²) in [6, 6.07) is 9.49. The predicted octanol–water partition coefficient (Wildman–Crippen LogP) is 5.04. The summed E-state index contributed by atoms with van der Waals surface area (Å²) in [7, 11) is 4.03. The van der Waals surface area contributed by atoms with Crippen LogP contribution in [-0.4, -0.2) is 85.6 Å². The number of rotatable bonds is 9. The fraction of sp³-hybridized carbons (Fsp3) is 0.343. The highest BCUT2D eigenvalue weighted by Crippen LogP contribution is 2.37. The van der Waals surface area contributed by atoms with Gasteiger partial charge in [0, 0.05) is 33.8 Å². The molecule has 5 rings (SSSR count). The van der Waals surface area contributed by atoms with Gasteiger partial charge in [-0.15, -0.1) is 0 Å². The van der Waals surface area contributed by atoms with Crippen LogP contribution in [0.25, 0.3) is 10.9 Å². The van der Waals surface area contributed by atoms with E-state index in [2.05, 4.69) is 20.4 Å². The molecule has 14 nitrogen and oxygen atoms in total. The second kappa shape index (κ2) is 15.1. The molecule has 2 heterocycles. The van der Waals surface area contributed by atoms with E-state index in [4.69, 9.17) is 9.47 Å². The van der Waals surface area contributed by atoms with Crippen molar-refractivity contribution in [2.45, 2.75) is 32.4 Å². The van der Waals surface area contributed by atoms with Crippen molar-refractivity contribution in [2.75, 3.05) is 62.7 Å². The van der Waals surface area contributed by atoms with Gasteiger partial charge in [0.2, 0.25) is 5.91 Å². The number of anilines is 2. The Bertz CT molecular complexity index is 2060. The molecule has 1 atom stereocenters. The van der Waals surface area contributed by atoms with Crippen LogP contribution in [0.15, 0.2) is 59.4 Å². The number of fused-ring (bicyclic) bond motifs is 1. The molecule has 1 aliphatic heterocycles. The summed E-state index contributed by atoms with van der Waals surface area (Å²) in [5.41, 5.74) is -1.75. The Labute approximate surface area is 299 Å². The van der Waals surface area contributed by atoms with Gasteiger partial charge >= 0.3 is 12.1 Å². The van der Waals surface area contributed by atoms with Gasteiger partial charge in [-0.25, -0.2) is 32.4 Å². The lowest BCUT2D eigenvalue weighted by molar-refractivity contribution is -0.137. The van der Waals surface area contributed by atoms with Gasteiger partial charge in [0.25, 0.3) is 5.56 Å². The number of hydrogen-bond donors (Lipinski definition) is 2. The number of nitrogens with one attached hydrogen (secondary N) is 2. The molecular formula is C35H42F3N7O7. The van der Waals surface area contributed by atoms with Crippen molar-refractivity contribution < 1.29 is 44.6 Å². The minimum absolute atomic E-state index is 0. The lowest BCUT2D eigenvalue weighted by Crippen LogP contribution is -2.62. The van der Waals surface area contributed by atoms with E-state index in [0.29, 0.717) is 5.75 Å². The number of carbonyl (C=O) groups excluding carboxylic acids is 3. The summed E-state index contributed by atoms with van der Waals surface area (Å²) in [5, 5.41) is 6.60. The van der Waals surface area contributed by atoms with Gasteiger partial charge in [0.15, 0.2) is 17.5 Å². The third kappa shape index (κ3) is 7.52. The summed E-state index contributed by atoms with van der Waals surface area (Å²) in [6.45, 7) is 4.99. The van der Waals surface area contributed by atoms with Crippen LogP contribution in [0, 0.1) is 17.5 Å². The molecule has 4 amide bonds. The summed E-state index contributed by atoms with van der Waals surface area (Å²) >= 11 is 0. The molecule has 0 saturated carbocycles. The van der Waals surface area contributed by atoms with E-state index in [1.54, 1.807) is 30.1 Å². The maximum absolute atomic E-state index is 14.5. The topological polar surface area (TPSA) is 148 Å². The van der Waals surface area contributed by atoms with Gasteiger partial charge in [-0.05, 0) is 63.2 Å². The average Bonchev–Trinajstić information content (AvgIpc) is 3.13. The third-order valence-electron chi connectivity index (χ3n) is 8.60. The number of hydrogen-bond acceptors (Lipinski definition) is 9. The summed E-state index contributed by atoms with van der Waals surface area (Å²) in [4.78, 5) is 61.1. The quantitative estimate of drug-likeness (QED) is 0.242. The van der Waals surface area contributed by atoms with Gasteiger partial charge < -0.3 is 34.8 Å². The minimum Gasteiger partial charge on any atom is -0.497 e. The lowest BCUT2D eigenvalue weighted by Gasteiger charge is -2.41. The Kier molecular flexibility index (Phi) is 10.8. The highest BCUT2D eigenvalue weighted by Gasteiger charge is 2.37. The van der Waals surface area contributed by atoms with Crippen molar-refractivity contribution in [1.29, 1.82) is 0 Å². The molecule has 1 aromatic heterocycles. The third-order valence-corrected chi connectivity index (χ3v) is 8.60. The Morgan fingerprint density at radius 1 is 0.923 bits per heavy atom. The average molecular weight is 730 g/mol. The summed E-state index contributed by atoms with van der Waals surface area (Å²) in [6.07, 6.45) is -0.783. The van der Waals surface area contributed by atoms with Crippen LogP contribution in [-0.2, 0) is 9.53 Å². The number of methoxy groups -OCH3 is 3. The Hall–Kier alpha value is -6.00. The van der Waals surface area contributed by atoms with E-state index >= 15 is 0 Å². The molecule has 17 heteroatoms. The largest absolute Gasteiger partial charge is 0.497 e. The zero-order valence-corrected chi connectivity index (χ0v) is 29.3. The van der Waals surface area contributed by atoms with Gasteiger partial charge in [0.1, 0.15) is 22.9 Å². The first kappa shape index (κ1) is 37.3. The van der Waals surface area contributed by atoms with E-state index in [1.165, 1.54) is 73.9 Å². The number of amides is 4. The number of piperazine rings is 1. The first-order chi connectivity index (χ1) is 24.7. The zero-order chi connectivity index (χ0) is 37.9. The van der Waals surface area contributed by atoms with Crippen LogP contribution in [0.3, 0.4) is 0 Å². The van der Waals surface area contributed by atoms with E-state index in [-0.39, 0.29) is 62.9 Å². The van der Waals surface area contributed by atoms with Crippen molar-refractivity contribution in [1.82, 2.24) is 19.9 Å². The van der Waals surface area contributed by atoms with Crippen LogP contribution in [0.1, 0.15) is 35.5 Å². The highest BCUT2D eigenvalue weighted by atomic mass is 19.2. The Balaban J connectivity index is 0.00000392. The molecular weight excluding hydrogens is 687 g/mol. The fourth-order valence-electron chi connectivity index (χ4n) is 5.90. The van der Waals surface area contributed by atoms with Gasteiger partial charge in [-0.2, -0.15) is 0 Å². The maximum atomic E-state index is 14.5. The molecule has 1 fully saturated rings. The lowest BCUT2D eigenvalue weighted by atomic mass is 10.0. The van der Waals surface area contributed by atoms with E-state index < -0.39 is 52.6 Å². The molecule has 280 valence electrons. The van der Waals surface area contributed by atoms with E-state index in [9.17, 15) is 32.3 Å². The first-order valence-corrected chi connectivity index (χ1v) is 16.1. The van der Waals surface area contributed by atoms with Gasteiger partial charge in [-0.3, -0.25) is 14.5 Å². The van der Waals surface area contributed by atoms with Crippen molar-refractivity contribution in [3.05, 3.63) is 88.2 Å². The molecule has 1 aliphatic rings. The number of nitrogens with zero attached hydrogens (tertiary/aromatic N) is 5. The van der Waals surface area contributed by atoms with Crippen molar-refractivity contribution in [3.63, 3.8) is 0 Å². The van der Waals surface area contributed by atoms with Crippen molar-refractivity contribution in [2.24, 2.45) is 0 Å². The van der Waals surface area contributed by atoms with Gasteiger partial charge in [0.05, 0.1) is 57.1 Å². The molecule has 1 saturated heterocycles. The van der Waals surface area contributed by atoms with Crippen LogP contribution in [0.4, 0.5) is 34.1 Å². The molecule has 2 N–H and O–H groups in total. The molecule has 1 unspecified atom stereocenters. The first-order valence-electron chi connectivity index (χ1n) is 16.1. The number of carbonyl (C=O) groups is 3. The summed E-state index contributed by atoms with van der Waals surface area (Å²) in [5.74, 6) is -2.81. The Morgan fingerprint density at radius 2 is 1.58 bits per heavy atom. The normalized spacial score (nSPS) is 13.7. The second-order valence-electron chi connectivity index (χ2n) is 12.4. The fourth-order valence-corrected chi connectivity index (χ4v) is 5.90. The molecule has 0 spiro atoms. The van der Waals surface area contributed by atoms with Gasteiger partial charge in [-0.1, -0.05) is 0 Å². The SMILES string of the molecule is COC(=O)NC(C)(C)C(=O)N1CCN(n2c(C(C)N(C(=O)Nc3ccc(F)cc3)c3ccc(OC)cc3OC)nc3cc(F)c(F)cc3c2=O)CC1.[HH].[HH]. The monoisotopic (exact) mass is 729 g/mol.